The molecule has 0 saturated carbocycles. The molecule has 1 atom stereocenters. The Morgan fingerprint density at radius 2 is 2.25 bits per heavy atom. The Kier molecular flexibility index (Phi) is 5.01. The minimum atomic E-state index is -0.628. The summed E-state index contributed by atoms with van der Waals surface area (Å²) in [6, 6.07) is 4.51. The van der Waals surface area contributed by atoms with Crippen molar-refractivity contribution in [3.8, 4) is 0 Å². The zero-order valence-corrected chi connectivity index (χ0v) is 13.2. The Bertz CT molecular complexity index is 538. The maximum absolute atomic E-state index is 12.6. The second-order valence-electron chi connectivity index (χ2n) is 4.30. The van der Waals surface area contributed by atoms with Gasteiger partial charge in [-0.25, -0.2) is 0 Å². The molecule has 0 bridgehead atoms. The van der Waals surface area contributed by atoms with E-state index in [1.54, 1.807) is 18.2 Å². The number of hydrogen-bond acceptors (Lipinski definition) is 3. The van der Waals surface area contributed by atoms with Crippen molar-refractivity contribution in [2.24, 2.45) is 0 Å². The third kappa shape index (κ3) is 2.97. The number of nitrogens with one attached hydrogen (secondary N) is 1. The van der Waals surface area contributed by atoms with E-state index in [1.807, 2.05) is 0 Å². The van der Waals surface area contributed by atoms with Crippen molar-refractivity contribution in [2.45, 2.75) is 6.04 Å². The molecule has 1 fully saturated rings. The lowest BCUT2D eigenvalue weighted by Gasteiger charge is -2.34. The maximum atomic E-state index is 12.6. The van der Waals surface area contributed by atoms with Gasteiger partial charge in [0.15, 0.2) is 0 Å². The van der Waals surface area contributed by atoms with Gasteiger partial charge in [0.05, 0.1) is 23.8 Å². The average Bonchev–Trinajstić information content (AvgIpc) is 2.48. The smallest absolute Gasteiger partial charge is 0.256 e. The lowest BCUT2D eigenvalue weighted by Crippen LogP contribution is -2.55. The van der Waals surface area contributed by atoms with E-state index in [4.69, 9.17) is 16.3 Å². The molecule has 1 unspecified atom stereocenters. The lowest BCUT2D eigenvalue weighted by molar-refractivity contribution is -0.130. The molecule has 1 aliphatic heterocycles. The molecule has 7 heteroatoms. The quantitative estimate of drug-likeness (QED) is 0.872. The highest BCUT2D eigenvalue weighted by atomic mass is 79.9. The van der Waals surface area contributed by atoms with Crippen molar-refractivity contribution < 1.29 is 14.3 Å². The Labute approximate surface area is 130 Å². The number of morpholine rings is 1. The van der Waals surface area contributed by atoms with E-state index in [9.17, 15) is 9.59 Å². The van der Waals surface area contributed by atoms with E-state index in [0.717, 1.165) is 0 Å². The van der Waals surface area contributed by atoms with Crippen LogP contribution >= 0.6 is 27.5 Å². The number of halogens is 2. The van der Waals surface area contributed by atoms with Gasteiger partial charge in [0.1, 0.15) is 6.04 Å². The first-order valence-corrected chi connectivity index (χ1v) is 7.27. The molecule has 1 aromatic carbocycles. The minimum absolute atomic E-state index is 0.192. The predicted molar refractivity (Wildman–Crippen MR) is 78.9 cm³/mol. The van der Waals surface area contributed by atoms with Gasteiger partial charge in [0, 0.05) is 18.1 Å². The molecule has 1 saturated heterocycles. The molecule has 5 nitrogen and oxygen atoms in total. The molecule has 0 aliphatic carbocycles. The first-order valence-electron chi connectivity index (χ1n) is 6.10. The van der Waals surface area contributed by atoms with Crippen LogP contribution in [0.15, 0.2) is 22.7 Å². The second kappa shape index (κ2) is 6.56. The van der Waals surface area contributed by atoms with Crippen molar-refractivity contribution in [1.29, 1.82) is 0 Å². The summed E-state index contributed by atoms with van der Waals surface area (Å²) in [7, 11) is 1.53. The predicted octanol–water partition coefficient (Wildman–Crippen LogP) is 1.69. The molecule has 1 aromatic rings. The van der Waals surface area contributed by atoms with Crippen LogP contribution in [0.3, 0.4) is 0 Å². The normalized spacial score (nSPS) is 18.8. The van der Waals surface area contributed by atoms with Crippen LogP contribution in [0.5, 0.6) is 0 Å². The summed E-state index contributed by atoms with van der Waals surface area (Å²) in [5.41, 5.74) is 0.372. The Morgan fingerprint density at radius 3 is 2.95 bits per heavy atom. The van der Waals surface area contributed by atoms with E-state index in [1.165, 1.54) is 11.9 Å². The number of rotatable bonds is 2. The summed E-state index contributed by atoms with van der Waals surface area (Å²) >= 11 is 9.43. The monoisotopic (exact) mass is 360 g/mol. The molecular formula is C13H14BrClN2O3. The van der Waals surface area contributed by atoms with E-state index < -0.39 is 6.04 Å². The van der Waals surface area contributed by atoms with E-state index in [-0.39, 0.29) is 18.4 Å². The summed E-state index contributed by atoms with van der Waals surface area (Å²) in [6.45, 7) is 0.960. The minimum Gasteiger partial charge on any atom is -0.377 e. The molecule has 0 aromatic heterocycles. The van der Waals surface area contributed by atoms with Gasteiger partial charge >= 0.3 is 0 Å². The van der Waals surface area contributed by atoms with E-state index >= 15 is 0 Å². The number of amides is 2. The molecule has 0 radical (unpaired) electrons. The van der Waals surface area contributed by atoms with Gasteiger partial charge in [-0.2, -0.15) is 0 Å². The average molecular weight is 362 g/mol. The van der Waals surface area contributed by atoms with E-state index in [0.29, 0.717) is 28.2 Å². The number of ether oxygens (including phenoxy) is 1. The second-order valence-corrected chi connectivity index (χ2v) is 5.54. The molecular weight excluding hydrogens is 348 g/mol. The highest BCUT2D eigenvalue weighted by molar-refractivity contribution is 9.10. The summed E-state index contributed by atoms with van der Waals surface area (Å²) in [5, 5.41) is 2.89. The van der Waals surface area contributed by atoms with Crippen LogP contribution < -0.4 is 5.32 Å². The van der Waals surface area contributed by atoms with Crippen LogP contribution in [-0.2, 0) is 9.53 Å². The molecule has 2 amide bonds. The van der Waals surface area contributed by atoms with Crippen LogP contribution in [0.1, 0.15) is 10.4 Å². The largest absolute Gasteiger partial charge is 0.377 e. The molecule has 0 spiro atoms. The summed E-state index contributed by atoms with van der Waals surface area (Å²) in [4.78, 5) is 25.9. The number of hydrogen-bond donors (Lipinski definition) is 1. The van der Waals surface area contributed by atoms with Crippen LogP contribution in [-0.4, -0.2) is 49.6 Å². The van der Waals surface area contributed by atoms with Gasteiger partial charge in [0.2, 0.25) is 5.91 Å². The molecule has 1 aliphatic rings. The molecule has 1 N–H and O–H groups in total. The van der Waals surface area contributed by atoms with Gasteiger partial charge in [-0.3, -0.25) is 9.59 Å². The molecule has 108 valence electrons. The number of carbonyl (C=O) groups excluding carboxylic acids is 2. The summed E-state index contributed by atoms with van der Waals surface area (Å²) < 4.78 is 5.93. The summed E-state index contributed by atoms with van der Waals surface area (Å²) in [5.74, 6) is -0.516. The Balaban J connectivity index is 2.30. The van der Waals surface area contributed by atoms with Gasteiger partial charge < -0.3 is 15.0 Å². The standard InChI is InChI=1S/C13H14BrClN2O3/c1-16-12(18)10-7-20-6-5-17(10)13(19)8-3-2-4-9(14)11(8)15/h2-4,10H,5-7H2,1H3,(H,16,18). The molecule has 2 rings (SSSR count). The first kappa shape index (κ1) is 15.3. The third-order valence-corrected chi connectivity index (χ3v) is 4.42. The van der Waals surface area contributed by atoms with Gasteiger partial charge in [-0.15, -0.1) is 0 Å². The SMILES string of the molecule is CNC(=O)C1COCCN1C(=O)c1cccc(Br)c1Cl. The fourth-order valence-electron chi connectivity index (χ4n) is 2.05. The zero-order valence-electron chi connectivity index (χ0n) is 10.9. The fraction of sp³-hybridized carbons (Fsp3) is 0.385. The third-order valence-electron chi connectivity index (χ3n) is 3.12. The maximum Gasteiger partial charge on any atom is 0.256 e. The van der Waals surface area contributed by atoms with Crippen molar-refractivity contribution in [3.63, 3.8) is 0 Å². The number of nitrogens with zero attached hydrogens (tertiary/aromatic N) is 1. The van der Waals surface area contributed by atoms with Crippen LogP contribution in [0, 0.1) is 0 Å². The van der Waals surface area contributed by atoms with Gasteiger partial charge in [0.25, 0.3) is 5.91 Å². The highest BCUT2D eigenvalue weighted by Crippen LogP contribution is 2.27. The Hall–Kier alpha value is -1.11. The van der Waals surface area contributed by atoms with Crippen LogP contribution in [0.4, 0.5) is 0 Å². The molecule has 20 heavy (non-hydrogen) atoms. The fourth-order valence-corrected chi connectivity index (χ4v) is 2.63. The number of benzene rings is 1. The van der Waals surface area contributed by atoms with Crippen molar-refractivity contribution in [1.82, 2.24) is 10.2 Å². The lowest BCUT2D eigenvalue weighted by atomic mass is 10.1. The van der Waals surface area contributed by atoms with Crippen molar-refractivity contribution in [2.75, 3.05) is 26.8 Å². The molecule has 1 heterocycles. The number of likely N-dealkylation sites (N-methyl/N-ethyl adjacent to an activating group) is 1. The van der Waals surface area contributed by atoms with Crippen molar-refractivity contribution >= 4 is 39.3 Å². The highest BCUT2D eigenvalue weighted by Gasteiger charge is 2.33. The summed E-state index contributed by atoms with van der Waals surface area (Å²) in [6.07, 6.45) is 0. The Morgan fingerprint density at radius 1 is 1.50 bits per heavy atom. The van der Waals surface area contributed by atoms with Crippen LogP contribution in [0.25, 0.3) is 0 Å². The van der Waals surface area contributed by atoms with Crippen molar-refractivity contribution in [3.05, 3.63) is 33.3 Å². The van der Waals surface area contributed by atoms with E-state index in [2.05, 4.69) is 21.2 Å². The number of carbonyl (C=O) groups is 2. The van der Waals surface area contributed by atoms with Gasteiger partial charge in [-0.05, 0) is 28.1 Å². The first-order chi connectivity index (χ1) is 9.56. The van der Waals surface area contributed by atoms with Gasteiger partial charge in [-0.1, -0.05) is 17.7 Å². The zero-order chi connectivity index (χ0) is 14.7. The van der Waals surface area contributed by atoms with Crippen LogP contribution in [0.2, 0.25) is 5.02 Å². The topological polar surface area (TPSA) is 58.6 Å².